The molecule has 0 unspecified atom stereocenters. The Hall–Kier alpha value is -1.16. The first-order chi connectivity index (χ1) is 9.28. The minimum Gasteiger partial charge on any atom is -0.354 e. The van der Waals surface area contributed by atoms with Crippen molar-refractivity contribution < 1.29 is 4.39 Å². The third-order valence-corrected chi connectivity index (χ3v) is 3.97. The molecule has 2 fully saturated rings. The van der Waals surface area contributed by atoms with Gasteiger partial charge in [0.1, 0.15) is 0 Å². The molecule has 0 spiro atoms. The number of anilines is 1. The molecule has 0 atom stereocenters. The Morgan fingerprint density at radius 3 is 2.42 bits per heavy atom. The van der Waals surface area contributed by atoms with Gasteiger partial charge in [0.15, 0.2) is 11.6 Å². The van der Waals surface area contributed by atoms with Gasteiger partial charge in [0.25, 0.3) is 0 Å². The monoisotopic (exact) mass is 263 g/mol. The van der Waals surface area contributed by atoms with Gasteiger partial charge in [0.05, 0.1) is 0 Å². The first kappa shape index (κ1) is 12.9. The standard InChI is InChI=1S/C15H22FN3/c1-17-8-13-6-7-18-15(14(13)16)19(9-11-2-3-11)10-12-4-5-12/h6-7,11-12,17H,2-5,8-10H2,1H3. The fourth-order valence-electron chi connectivity index (χ4n) is 2.49. The van der Waals surface area contributed by atoms with E-state index in [2.05, 4.69) is 15.2 Å². The number of rotatable bonds is 7. The maximum absolute atomic E-state index is 14.5. The number of halogens is 1. The van der Waals surface area contributed by atoms with Crippen LogP contribution in [0.3, 0.4) is 0 Å². The highest BCUT2D eigenvalue weighted by Crippen LogP contribution is 2.36. The molecule has 0 bridgehead atoms. The van der Waals surface area contributed by atoms with E-state index < -0.39 is 0 Å². The van der Waals surface area contributed by atoms with Crippen LogP contribution in [0.1, 0.15) is 31.2 Å². The lowest BCUT2D eigenvalue weighted by Gasteiger charge is -2.24. The van der Waals surface area contributed by atoms with Crippen LogP contribution < -0.4 is 10.2 Å². The molecule has 0 aliphatic heterocycles. The molecule has 0 radical (unpaired) electrons. The van der Waals surface area contributed by atoms with E-state index in [9.17, 15) is 4.39 Å². The fourth-order valence-corrected chi connectivity index (χ4v) is 2.49. The van der Waals surface area contributed by atoms with Crippen LogP contribution in [0.4, 0.5) is 10.2 Å². The van der Waals surface area contributed by atoms with E-state index in [0.29, 0.717) is 17.9 Å². The second-order valence-corrected chi connectivity index (χ2v) is 5.93. The summed E-state index contributed by atoms with van der Waals surface area (Å²) in [4.78, 5) is 6.49. The Bertz CT molecular complexity index is 427. The van der Waals surface area contributed by atoms with Crippen molar-refractivity contribution in [1.82, 2.24) is 10.3 Å². The lowest BCUT2D eigenvalue weighted by atomic mass is 10.2. The predicted octanol–water partition coefficient (Wildman–Crippen LogP) is 2.57. The van der Waals surface area contributed by atoms with Gasteiger partial charge in [-0.1, -0.05) is 0 Å². The molecule has 3 rings (SSSR count). The van der Waals surface area contributed by atoms with E-state index >= 15 is 0 Å². The molecule has 1 aromatic heterocycles. The van der Waals surface area contributed by atoms with Gasteiger partial charge >= 0.3 is 0 Å². The van der Waals surface area contributed by atoms with Crippen molar-refractivity contribution in [2.24, 2.45) is 11.8 Å². The van der Waals surface area contributed by atoms with Gasteiger partial charge in [-0.15, -0.1) is 0 Å². The molecule has 0 aromatic carbocycles. The molecule has 19 heavy (non-hydrogen) atoms. The molecule has 2 saturated carbocycles. The molecule has 2 aliphatic rings. The van der Waals surface area contributed by atoms with Crippen LogP contribution in [0.25, 0.3) is 0 Å². The highest BCUT2D eigenvalue weighted by Gasteiger charge is 2.31. The van der Waals surface area contributed by atoms with E-state index in [1.165, 1.54) is 25.7 Å². The maximum atomic E-state index is 14.5. The van der Waals surface area contributed by atoms with Crippen LogP contribution >= 0.6 is 0 Å². The minimum absolute atomic E-state index is 0.141. The smallest absolute Gasteiger partial charge is 0.170 e. The van der Waals surface area contributed by atoms with Crippen LogP contribution in [0.15, 0.2) is 12.3 Å². The van der Waals surface area contributed by atoms with Crippen molar-refractivity contribution in [2.75, 3.05) is 25.0 Å². The maximum Gasteiger partial charge on any atom is 0.170 e. The summed E-state index contributed by atoms with van der Waals surface area (Å²) in [5.41, 5.74) is 0.712. The number of pyridine rings is 1. The summed E-state index contributed by atoms with van der Waals surface area (Å²) in [6.45, 7) is 2.51. The van der Waals surface area contributed by atoms with Crippen LogP contribution in [0.2, 0.25) is 0 Å². The average molecular weight is 263 g/mol. The van der Waals surface area contributed by atoms with Gasteiger partial charge in [-0.05, 0) is 50.6 Å². The molecule has 104 valence electrons. The van der Waals surface area contributed by atoms with Crippen molar-refractivity contribution in [3.63, 3.8) is 0 Å². The molecule has 1 N–H and O–H groups in total. The van der Waals surface area contributed by atoms with Gasteiger partial charge < -0.3 is 10.2 Å². The molecule has 0 saturated heterocycles. The fraction of sp³-hybridized carbons (Fsp3) is 0.667. The van der Waals surface area contributed by atoms with Crippen LogP contribution in [-0.2, 0) is 6.54 Å². The summed E-state index contributed by atoms with van der Waals surface area (Å²) in [5, 5.41) is 3.01. The highest BCUT2D eigenvalue weighted by atomic mass is 19.1. The summed E-state index contributed by atoms with van der Waals surface area (Å²) in [7, 11) is 1.84. The van der Waals surface area contributed by atoms with Crippen molar-refractivity contribution in [2.45, 2.75) is 32.2 Å². The molecular formula is C15H22FN3. The number of aromatic nitrogens is 1. The Labute approximate surface area is 114 Å². The van der Waals surface area contributed by atoms with E-state index in [-0.39, 0.29) is 5.82 Å². The third-order valence-electron chi connectivity index (χ3n) is 3.97. The lowest BCUT2D eigenvalue weighted by Crippen LogP contribution is -2.30. The molecule has 1 heterocycles. The molecular weight excluding hydrogens is 241 g/mol. The number of hydrogen-bond donors (Lipinski definition) is 1. The van der Waals surface area contributed by atoms with E-state index in [0.717, 1.165) is 24.9 Å². The van der Waals surface area contributed by atoms with Crippen molar-refractivity contribution in [1.29, 1.82) is 0 Å². The molecule has 1 aromatic rings. The Morgan fingerprint density at radius 2 is 1.89 bits per heavy atom. The summed E-state index contributed by atoms with van der Waals surface area (Å²) >= 11 is 0. The molecule has 2 aliphatic carbocycles. The Kier molecular flexibility index (Phi) is 3.69. The minimum atomic E-state index is -0.141. The Morgan fingerprint density at radius 1 is 1.26 bits per heavy atom. The first-order valence-corrected chi connectivity index (χ1v) is 7.31. The highest BCUT2D eigenvalue weighted by molar-refractivity contribution is 5.43. The second-order valence-electron chi connectivity index (χ2n) is 5.93. The second kappa shape index (κ2) is 5.45. The van der Waals surface area contributed by atoms with Gasteiger partial charge in [0, 0.05) is 31.4 Å². The molecule has 3 nitrogen and oxygen atoms in total. The van der Waals surface area contributed by atoms with Gasteiger partial charge in [-0.25, -0.2) is 9.37 Å². The number of nitrogens with zero attached hydrogens (tertiary/aromatic N) is 2. The zero-order valence-electron chi connectivity index (χ0n) is 11.5. The zero-order chi connectivity index (χ0) is 13.2. The topological polar surface area (TPSA) is 28.2 Å². The van der Waals surface area contributed by atoms with Gasteiger partial charge in [-0.3, -0.25) is 0 Å². The number of nitrogens with one attached hydrogen (secondary N) is 1. The van der Waals surface area contributed by atoms with Crippen LogP contribution in [0.5, 0.6) is 0 Å². The summed E-state index contributed by atoms with van der Waals surface area (Å²) in [5.74, 6) is 1.94. The van der Waals surface area contributed by atoms with Gasteiger partial charge in [-0.2, -0.15) is 0 Å². The van der Waals surface area contributed by atoms with Crippen molar-refractivity contribution in [3.05, 3.63) is 23.6 Å². The molecule has 0 amide bonds. The molecule has 4 heteroatoms. The predicted molar refractivity (Wildman–Crippen MR) is 74.6 cm³/mol. The van der Waals surface area contributed by atoms with E-state index in [1.54, 1.807) is 12.3 Å². The summed E-state index contributed by atoms with van der Waals surface area (Å²) < 4.78 is 14.5. The quantitative estimate of drug-likeness (QED) is 0.819. The van der Waals surface area contributed by atoms with Gasteiger partial charge in [0.2, 0.25) is 0 Å². The van der Waals surface area contributed by atoms with E-state index in [1.807, 2.05) is 7.05 Å². The first-order valence-electron chi connectivity index (χ1n) is 7.31. The van der Waals surface area contributed by atoms with Crippen molar-refractivity contribution in [3.8, 4) is 0 Å². The normalized spacial score (nSPS) is 18.6. The van der Waals surface area contributed by atoms with Crippen molar-refractivity contribution >= 4 is 5.82 Å². The van der Waals surface area contributed by atoms with Crippen LogP contribution in [-0.4, -0.2) is 25.1 Å². The Balaban J connectivity index is 1.80. The lowest BCUT2D eigenvalue weighted by molar-refractivity contribution is 0.574. The third kappa shape index (κ3) is 3.24. The number of hydrogen-bond acceptors (Lipinski definition) is 3. The SMILES string of the molecule is CNCc1ccnc(N(CC2CC2)CC2CC2)c1F. The zero-order valence-corrected chi connectivity index (χ0v) is 11.5. The summed E-state index contributed by atoms with van der Waals surface area (Å²) in [6, 6.07) is 1.77. The van der Waals surface area contributed by atoms with Crippen LogP contribution in [0, 0.1) is 17.7 Å². The average Bonchev–Trinajstić information content (AvgIpc) is 3.27. The van der Waals surface area contributed by atoms with E-state index in [4.69, 9.17) is 0 Å². The summed E-state index contributed by atoms with van der Waals surface area (Å²) in [6.07, 6.45) is 6.90. The largest absolute Gasteiger partial charge is 0.354 e.